The molecule has 3 nitrogen and oxygen atoms in total. The van der Waals surface area contributed by atoms with E-state index in [-0.39, 0.29) is 5.60 Å². The van der Waals surface area contributed by atoms with E-state index in [0.29, 0.717) is 0 Å². The number of hydrogen-bond donors (Lipinski definition) is 1. The first-order valence-corrected chi connectivity index (χ1v) is 6.89. The maximum Gasteiger partial charge on any atom is 0.0690 e. The molecule has 18 heavy (non-hydrogen) atoms. The van der Waals surface area contributed by atoms with Crippen molar-refractivity contribution in [3.63, 3.8) is 0 Å². The van der Waals surface area contributed by atoms with Gasteiger partial charge in [-0.05, 0) is 37.6 Å². The number of benzene rings is 1. The van der Waals surface area contributed by atoms with Crippen LogP contribution in [0.1, 0.15) is 18.4 Å². The smallest absolute Gasteiger partial charge is 0.0690 e. The third-order valence-electron chi connectivity index (χ3n) is 4.14. The van der Waals surface area contributed by atoms with Crippen LogP contribution in [0.15, 0.2) is 24.3 Å². The van der Waals surface area contributed by atoms with Crippen molar-refractivity contribution >= 4 is 5.69 Å². The number of likely N-dealkylation sites (N-methyl/N-ethyl adjacent to an activating group) is 1. The van der Waals surface area contributed by atoms with E-state index < -0.39 is 0 Å². The van der Waals surface area contributed by atoms with Crippen molar-refractivity contribution in [2.24, 2.45) is 0 Å². The minimum atomic E-state index is -0.388. The number of hydrogen-bond acceptors (Lipinski definition) is 3. The van der Waals surface area contributed by atoms with Crippen molar-refractivity contribution in [3.8, 4) is 0 Å². The van der Waals surface area contributed by atoms with Gasteiger partial charge in [-0.3, -0.25) is 0 Å². The van der Waals surface area contributed by atoms with E-state index in [1.54, 1.807) is 0 Å². The van der Waals surface area contributed by atoms with Gasteiger partial charge in [0, 0.05) is 38.3 Å². The minimum Gasteiger partial charge on any atom is -0.390 e. The molecule has 1 heterocycles. The first-order valence-electron chi connectivity index (χ1n) is 6.89. The highest BCUT2D eigenvalue weighted by atomic mass is 16.3. The number of aliphatic hydroxyl groups is 1. The first-order chi connectivity index (χ1) is 8.65. The Morgan fingerprint density at radius 2 is 1.89 bits per heavy atom. The predicted molar refractivity (Wildman–Crippen MR) is 74.0 cm³/mol. The maximum absolute atomic E-state index is 10.00. The van der Waals surface area contributed by atoms with Crippen molar-refractivity contribution in [1.82, 2.24) is 4.90 Å². The number of anilines is 1. The zero-order valence-electron chi connectivity index (χ0n) is 11.1. The molecule has 1 N–H and O–H groups in total. The van der Waals surface area contributed by atoms with Gasteiger partial charge in [-0.15, -0.1) is 0 Å². The van der Waals surface area contributed by atoms with Gasteiger partial charge in [-0.25, -0.2) is 0 Å². The molecule has 1 aliphatic heterocycles. The fourth-order valence-corrected chi connectivity index (χ4v) is 2.63. The van der Waals surface area contributed by atoms with Gasteiger partial charge in [0.25, 0.3) is 0 Å². The van der Waals surface area contributed by atoms with Gasteiger partial charge in [0.2, 0.25) is 0 Å². The molecular weight excluding hydrogens is 224 g/mol. The molecule has 0 unspecified atom stereocenters. The van der Waals surface area contributed by atoms with Gasteiger partial charge >= 0.3 is 0 Å². The highest BCUT2D eigenvalue weighted by Gasteiger charge is 2.40. The quantitative estimate of drug-likeness (QED) is 0.875. The molecular formula is C15H22N2O. The Morgan fingerprint density at radius 3 is 2.56 bits per heavy atom. The van der Waals surface area contributed by atoms with Crippen LogP contribution < -0.4 is 4.90 Å². The lowest BCUT2D eigenvalue weighted by atomic mass is 10.1. The third kappa shape index (κ3) is 2.68. The zero-order chi connectivity index (χ0) is 12.6. The summed E-state index contributed by atoms with van der Waals surface area (Å²) in [6.45, 7) is 4.47. The molecule has 1 saturated heterocycles. The molecule has 0 spiro atoms. The second-order valence-electron chi connectivity index (χ2n) is 5.86. The largest absolute Gasteiger partial charge is 0.390 e. The third-order valence-corrected chi connectivity index (χ3v) is 4.14. The van der Waals surface area contributed by atoms with Gasteiger partial charge in [0.05, 0.1) is 5.60 Å². The van der Waals surface area contributed by atoms with Crippen LogP contribution in [0.2, 0.25) is 0 Å². The SMILES string of the molecule is CN1CCN(c2cccc(CC3(O)CC3)c2)CC1. The Labute approximate surface area is 109 Å². The molecule has 1 saturated carbocycles. The molecule has 0 aromatic heterocycles. The molecule has 3 rings (SSSR count). The molecule has 0 atom stereocenters. The van der Waals surface area contributed by atoms with Crippen LogP contribution in [0.25, 0.3) is 0 Å². The Morgan fingerprint density at radius 1 is 1.17 bits per heavy atom. The summed E-state index contributed by atoms with van der Waals surface area (Å²) < 4.78 is 0. The Kier molecular flexibility index (Phi) is 3.04. The molecule has 2 aliphatic rings. The van der Waals surface area contributed by atoms with E-state index in [0.717, 1.165) is 45.4 Å². The molecule has 3 heteroatoms. The molecule has 0 bridgehead atoms. The average molecular weight is 246 g/mol. The van der Waals surface area contributed by atoms with E-state index >= 15 is 0 Å². The summed E-state index contributed by atoms with van der Waals surface area (Å²) >= 11 is 0. The van der Waals surface area contributed by atoms with Gasteiger partial charge in [0.15, 0.2) is 0 Å². The summed E-state index contributed by atoms with van der Waals surface area (Å²) in [4.78, 5) is 4.81. The summed E-state index contributed by atoms with van der Waals surface area (Å²) in [5.74, 6) is 0. The van der Waals surface area contributed by atoms with Gasteiger partial charge in [-0.1, -0.05) is 12.1 Å². The summed E-state index contributed by atoms with van der Waals surface area (Å²) in [7, 11) is 2.18. The van der Waals surface area contributed by atoms with Crippen LogP contribution >= 0.6 is 0 Å². The number of nitrogens with zero attached hydrogens (tertiary/aromatic N) is 2. The van der Waals surface area contributed by atoms with Crippen molar-refractivity contribution in [3.05, 3.63) is 29.8 Å². The molecule has 1 aromatic carbocycles. The monoisotopic (exact) mass is 246 g/mol. The molecule has 1 aliphatic carbocycles. The minimum absolute atomic E-state index is 0.388. The number of rotatable bonds is 3. The molecule has 98 valence electrons. The first kappa shape index (κ1) is 12.0. The van der Waals surface area contributed by atoms with Crippen LogP contribution in [-0.4, -0.2) is 48.8 Å². The van der Waals surface area contributed by atoms with Gasteiger partial charge in [0.1, 0.15) is 0 Å². The second-order valence-corrected chi connectivity index (χ2v) is 5.86. The lowest BCUT2D eigenvalue weighted by Crippen LogP contribution is -2.44. The highest BCUT2D eigenvalue weighted by molar-refractivity contribution is 5.49. The molecule has 2 fully saturated rings. The van der Waals surface area contributed by atoms with Crippen molar-refractivity contribution in [2.45, 2.75) is 24.9 Å². The van der Waals surface area contributed by atoms with E-state index in [1.165, 1.54) is 11.3 Å². The van der Waals surface area contributed by atoms with Crippen LogP contribution in [0.3, 0.4) is 0 Å². The van der Waals surface area contributed by atoms with E-state index in [4.69, 9.17) is 0 Å². The lowest BCUT2D eigenvalue weighted by Gasteiger charge is -2.34. The van der Waals surface area contributed by atoms with Crippen LogP contribution in [0.5, 0.6) is 0 Å². The van der Waals surface area contributed by atoms with Crippen molar-refractivity contribution < 1.29 is 5.11 Å². The normalized spacial score (nSPS) is 23.1. The van der Waals surface area contributed by atoms with Crippen LogP contribution in [-0.2, 0) is 6.42 Å². The topological polar surface area (TPSA) is 26.7 Å². The van der Waals surface area contributed by atoms with Gasteiger partial charge < -0.3 is 14.9 Å². The van der Waals surface area contributed by atoms with E-state index in [2.05, 4.69) is 41.1 Å². The van der Waals surface area contributed by atoms with Crippen molar-refractivity contribution in [1.29, 1.82) is 0 Å². The molecule has 0 amide bonds. The average Bonchev–Trinajstić information content (AvgIpc) is 3.08. The lowest BCUT2D eigenvalue weighted by molar-refractivity contribution is 0.151. The number of piperazine rings is 1. The van der Waals surface area contributed by atoms with E-state index in [1.807, 2.05) is 0 Å². The Bertz CT molecular complexity index is 420. The van der Waals surface area contributed by atoms with Crippen LogP contribution in [0, 0.1) is 0 Å². The fourth-order valence-electron chi connectivity index (χ4n) is 2.63. The Hall–Kier alpha value is -1.06. The summed E-state index contributed by atoms with van der Waals surface area (Å²) in [5.41, 5.74) is 2.19. The molecule has 0 radical (unpaired) electrons. The maximum atomic E-state index is 10.00. The fraction of sp³-hybridized carbons (Fsp3) is 0.600. The summed E-state index contributed by atoms with van der Waals surface area (Å²) in [6.07, 6.45) is 2.74. The standard InChI is InChI=1S/C15H22N2O/c1-16-7-9-17(10-8-16)14-4-2-3-13(11-14)12-15(18)5-6-15/h2-4,11,18H,5-10,12H2,1H3. The second kappa shape index (κ2) is 4.56. The zero-order valence-corrected chi connectivity index (χ0v) is 11.1. The molecule has 1 aromatic rings. The van der Waals surface area contributed by atoms with Gasteiger partial charge in [-0.2, -0.15) is 0 Å². The summed E-state index contributed by atoms with van der Waals surface area (Å²) in [6, 6.07) is 8.69. The highest BCUT2D eigenvalue weighted by Crippen LogP contribution is 2.38. The van der Waals surface area contributed by atoms with Crippen molar-refractivity contribution in [2.75, 3.05) is 38.1 Å². The van der Waals surface area contributed by atoms with Crippen LogP contribution in [0.4, 0.5) is 5.69 Å². The van der Waals surface area contributed by atoms with E-state index in [9.17, 15) is 5.11 Å². The predicted octanol–water partition coefficient (Wildman–Crippen LogP) is 1.51. The Balaban J connectivity index is 1.70. The summed E-state index contributed by atoms with van der Waals surface area (Å²) in [5, 5.41) is 10.00.